The Bertz CT molecular complexity index is 580. The van der Waals surface area contributed by atoms with E-state index in [1.807, 2.05) is 19.4 Å². The average molecular weight is 245 g/mol. The van der Waals surface area contributed by atoms with Crippen LogP contribution in [0, 0.1) is 5.92 Å². The molecule has 0 aliphatic carbocycles. The van der Waals surface area contributed by atoms with Gasteiger partial charge in [0, 0.05) is 31.3 Å². The van der Waals surface area contributed by atoms with Gasteiger partial charge in [-0.3, -0.25) is 4.68 Å². The summed E-state index contributed by atoms with van der Waals surface area (Å²) in [4.78, 5) is 4.72. The fourth-order valence-corrected chi connectivity index (χ4v) is 2.97. The third-order valence-electron chi connectivity index (χ3n) is 3.71. The second-order valence-corrected chi connectivity index (χ2v) is 5.43. The van der Waals surface area contributed by atoms with Crippen molar-refractivity contribution in [2.45, 2.75) is 32.7 Å². The molecule has 0 spiro atoms. The maximum absolute atomic E-state index is 6.26. The van der Waals surface area contributed by atoms with Crippen LogP contribution in [0.3, 0.4) is 0 Å². The molecule has 0 aromatic carbocycles. The van der Waals surface area contributed by atoms with Crippen molar-refractivity contribution >= 4 is 5.82 Å². The van der Waals surface area contributed by atoms with Gasteiger partial charge in [-0.1, -0.05) is 6.92 Å². The van der Waals surface area contributed by atoms with Gasteiger partial charge >= 0.3 is 0 Å². The highest BCUT2D eigenvalue weighted by Gasteiger charge is 2.27. The highest BCUT2D eigenvalue weighted by atomic mass is 15.2. The molecular weight excluding hydrogens is 226 g/mol. The van der Waals surface area contributed by atoms with Crippen molar-refractivity contribution in [1.29, 1.82) is 0 Å². The Labute approximate surface area is 107 Å². The van der Waals surface area contributed by atoms with Gasteiger partial charge in [-0.25, -0.2) is 4.98 Å². The number of imidazole rings is 1. The molecule has 0 amide bonds. The van der Waals surface area contributed by atoms with E-state index in [4.69, 9.17) is 10.7 Å². The molecule has 0 saturated heterocycles. The molecule has 1 aliphatic rings. The van der Waals surface area contributed by atoms with Crippen LogP contribution in [0.25, 0.3) is 11.3 Å². The SMILES string of the molecule is CC1Cc2nc(-c3cnn(C)c3)c(N)n2C(C)C1. The Morgan fingerprint density at radius 2 is 2.17 bits per heavy atom. The Morgan fingerprint density at radius 3 is 2.83 bits per heavy atom. The fourth-order valence-electron chi connectivity index (χ4n) is 2.97. The molecule has 0 bridgehead atoms. The van der Waals surface area contributed by atoms with E-state index in [0.29, 0.717) is 12.0 Å². The molecule has 2 N–H and O–H groups in total. The van der Waals surface area contributed by atoms with Gasteiger partial charge in [0.05, 0.1) is 6.20 Å². The van der Waals surface area contributed by atoms with Crippen LogP contribution in [-0.4, -0.2) is 19.3 Å². The molecule has 2 atom stereocenters. The van der Waals surface area contributed by atoms with Crippen LogP contribution in [0.15, 0.2) is 12.4 Å². The maximum atomic E-state index is 6.26. The number of aromatic nitrogens is 4. The summed E-state index contributed by atoms with van der Waals surface area (Å²) < 4.78 is 3.96. The topological polar surface area (TPSA) is 61.7 Å². The predicted octanol–water partition coefficient (Wildman–Crippen LogP) is 2.01. The van der Waals surface area contributed by atoms with Gasteiger partial charge in [-0.2, -0.15) is 5.10 Å². The lowest BCUT2D eigenvalue weighted by atomic mass is 9.95. The van der Waals surface area contributed by atoms with Gasteiger partial charge in [0.2, 0.25) is 0 Å². The number of hydrogen-bond acceptors (Lipinski definition) is 3. The first-order valence-corrected chi connectivity index (χ1v) is 6.42. The minimum atomic E-state index is 0.432. The summed E-state index contributed by atoms with van der Waals surface area (Å²) in [5, 5.41) is 4.19. The van der Waals surface area contributed by atoms with Gasteiger partial charge in [0.15, 0.2) is 0 Å². The monoisotopic (exact) mass is 245 g/mol. The molecule has 18 heavy (non-hydrogen) atoms. The van der Waals surface area contributed by atoms with Crippen LogP contribution in [0.1, 0.15) is 32.1 Å². The normalized spacial score (nSPS) is 23.1. The zero-order chi connectivity index (χ0) is 12.9. The number of hydrogen-bond donors (Lipinski definition) is 1. The molecule has 5 nitrogen and oxygen atoms in total. The Kier molecular flexibility index (Phi) is 2.43. The van der Waals surface area contributed by atoms with E-state index in [-0.39, 0.29) is 0 Å². The lowest BCUT2D eigenvalue weighted by molar-refractivity contribution is 0.346. The van der Waals surface area contributed by atoms with Gasteiger partial charge in [0.1, 0.15) is 17.3 Å². The zero-order valence-electron chi connectivity index (χ0n) is 11.1. The number of anilines is 1. The van der Waals surface area contributed by atoms with Crippen molar-refractivity contribution in [1.82, 2.24) is 19.3 Å². The fraction of sp³-hybridized carbons (Fsp3) is 0.538. The molecule has 5 heteroatoms. The first kappa shape index (κ1) is 11.3. The van der Waals surface area contributed by atoms with Crippen molar-refractivity contribution in [2.24, 2.45) is 13.0 Å². The average Bonchev–Trinajstić information content (AvgIpc) is 2.83. The molecule has 3 heterocycles. The van der Waals surface area contributed by atoms with E-state index in [1.165, 1.54) is 6.42 Å². The lowest BCUT2D eigenvalue weighted by Gasteiger charge is -2.27. The second kappa shape index (κ2) is 3.86. The molecule has 2 unspecified atom stereocenters. The van der Waals surface area contributed by atoms with Crippen molar-refractivity contribution in [3.63, 3.8) is 0 Å². The molecule has 1 aliphatic heterocycles. The lowest BCUT2D eigenvalue weighted by Crippen LogP contribution is -2.22. The predicted molar refractivity (Wildman–Crippen MR) is 71.0 cm³/mol. The van der Waals surface area contributed by atoms with Gasteiger partial charge in [-0.05, 0) is 19.3 Å². The number of nitrogen functional groups attached to an aromatic ring is 1. The summed E-state index contributed by atoms with van der Waals surface area (Å²) in [6.45, 7) is 4.48. The van der Waals surface area contributed by atoms with Crippen LogP contribution >= 0.6 is 0 Å². The summed E-state index contributed by atoms with van der Waals surface area (Å²) in [6.07, 6.45) is 5.95. The first-order valence-electron chi connectivity index (χ1n) is 6.42. The van der Waals surface area contributed by atoms with E-state index in [9.17, 15) is 0 Å². The quantitative estimate of drug-likeness (QED) is 0.836. The van der Waals surface area contributed by atoms with E-state index < -0.39 is 0 Å². The zero-order valence-corrected chi connectivity index (χ0v) is 11.1. The molecule has 3 rings (SSSR count). The summed E-state index contributed by atoms with van der Waals surface area (Å²) >= 11 is 0. The summed E-state index contributed by atoms with van der Waals surface area (Å²) in [5.74, 6) is 2.56. The number of aryl methyl sites for hydroxylation is 1. The van der Waals surface area contributed by atoms with E-state index in [1.54, 1.807) is 4.68 Å². The standard InChI is InChI=1S/C13H19N5/c1-8-4-9(2)18-11(5-8)16-12(13(18)14)10-6-15-17(3)7-10/h6-9H,4-5,14H2,1-3H3. The summed E-state index contributed by atoms with van der Waals surface area (Å²) in [6, 6.07) is 0.432. The van der Waals surface area contributed by atoms with Crippen LogP contribution in [0.5, 0.6) is 0 Å². The van der Waals surface area contributed by atoms with Crippen molar-refractivity contribution in [3.8, 4) is 11.3 Å². The Morgan fingerprint density at radius 1 is 1.39 bits per heavy atom. The van der Waals surface area contributed by atoms with Gasteiger partial charge in [0.25, 0.3) is 0 Å². The van der Waals surface area contributed by atoms with Crippen LogP contribution in [0.4, 0.5) is 5.82 Å². The highest BCUT2D eigenvalue weighted by molar-refractivity contribution is 5.70. The first-order chi connectivity index (χ1) is 8.56. The summed E-state index contributed by atoms with van der Waals surface area (Å²) in [7, 11) is 1.90. The van der Waals surface area contributed by atoms with E-state index in [2.05, 4.69) is 23.5 Å². The molecule has 96 valence electrons. The van der Waals surface area contributed by atoms with Crippen molar-refractivity contribution < 1.29 is 0 Å². The number of rotatable bonds is 1. The third-order valence-corrected chi connectivity index (χ3v) is 3.71. The molecule has 0 fully saturated rings. The van der Waals surface area contributed by atoms with Crippen molar-refractivity contribution in [2.75, 3.05) is 5.73 Å². The van der Waals surface area contributed by atoms with Crippen molar-refractivity contribution in [3.05, 3.63) is 18.2 Å². The van der Waals surface area contributed by atoms with Gasteiger partial charge in [-0.15, -0.1) is 0 Å². The maximum Gasteiger partial charge on any atom is 0.132 e. The molecular formula is C13H19N5. The second-order valence-electron chi connectivity index (χ2n) is 5.43. The highest BCUT2D eigenvalue weighted by Crippen LogP contribution is 2.35. The third kappa shape index (κ3) is 1.62. The molecule has 2 aromatic heterocycles. The Balaban J connectivity index is 2.11. The van der Waals surface area contributed by atoms with E-state index >= 15 is 0 Å². The summed E-state index contributed by atoms with van der Waals surface area (Å²) in [5.41, 5.74) is 8.14. The molecule has 2 aromatic rings. The number of fused-ring (bicyclic) bond motifs is 1. The van der Waals surface area contributed by atoms with Crippen LogP contribution < -0.4 is 5.73 Å². The van der Waals surface area contributed by atoms with E-state index in [0.717, 1.165) is 29.3 Å². The molecule has 0 radical (unpaired) electrons. The minimum Gasteiger partial charge on any atom is -0.383 e. The number of nitrogens with zero attached hydrogens (tertiary/aromatic N) is 4. The largest absolute Gasteiger partial charge is 0.383 e. The Hall–Kier alpha value is -1.78. The minimum absolute atomic E-state index is 0.432. The van der Waals surface area contributed by atoms with Crippen LogP contribution in [0.2, 0.25) is 0 Å². The van der Waals surface area contributed by atoms with Crippen LogP contribution in [-0.2, 0) is 13.5 Å². The number of nitrogens with two attached hydrogens (primary N) is 1. The molecule has 0 saturated carbocycles. The van der Waals surface area contributed by atoms with Gasteiger partial charge < -0.3 is 10.3 Å². The smallest absolute Gasteiger partial charge is 0.132 e.